The number of pyridine rings is 1. The second-order valence-electron chi connectivity index (χ2n) is 8.68. The molecule has 2 unspecified atom stereocenters. The van der Waals surface area contributed by atoms with Crippen LogP contribution >= 0.6 is 11.3 Å². The number of amides is 2. The maximum atomic E-state index is 11.2. The highest BCUT2D eigenvalue weighted by molar-refractivity contribution is 7.85. The fourth-order valence-corrected chi connectivity index (χ4v) is 5.33. The van der Waals surface area contributed by atoms with Gasteiger partial charge < -0.3 is 21.3 Å². The van der Waals surface area contributed by atoms with Crippen molar-refractivity contribution < 1.29 is 19.2 Å². The summed E-state index contributed by atoms with van der Waals surface area (Å²) in [4.78, 5) is 19.9. The van der Waals surface area contributed by atoms with Gasteiger partial charge in [-0.05, 0) is 50.2 Å². The van der Waals surface area contributed by atoms with Crippen molar-refractivity contribution in [3.05, 3.63) is 33.7 Å². The number of urea groups is 1. The van der Waals surface area contributed by atoms with Gasteiger partial charge in [0, 0.05) is 11.1 Å². The van der Waals surface area contributed by atoms with Crippen LogP contribution in [-0.2, 0) is 41.3 Å². The van der Waals surface area contributed by atoms with E-state index in [9.17, 15) is 14.1 Å². The molecule has 0 radical (unpaired) electrons. The number of hydrogen-bond acceptors (Lipinski definition) is 7. The molecule has 11 heteroatoms. The van der Waals surface area contributed by atoms with Gasteiger partial charge in [-0.2, -0.15) is 0 Å². The van der Waals surface area contributed by atoms with Crippen molar-refractivity contribution in [2.45, 2.75) is 68.1 Å². The van der Waals surface area contributed by atoms with Gasteiger partial charge in [0.2, 0.25) is 0 Å². The summed E-state index contributed by atoms with van der Waals surface area (Å²) < 4.78 is 11.2. The van der Waals surface area contributed by atoms with Crippen molar-refractivity contribution in [3.8, 4) is 0 Å². The van der Waals surface area contributed by atoms with Gasteiger partial charge in [0.25, 0.3) is 0 Å². The van der Waals surface area contributed by atoms with Crippen LogP contribution in [0.2, 0.25) is 0 Å². The Bertz CT molecular complexity index is 1020. The Labute approximate surface area is 187 Å². The molecular weight excluding hydrogens is 438 g/mol. The van der Waals surface area contributed by atoms with Gasteiger partial charge in [-0.3, -0.25) is 4.98 Å². The molecule has 2 aliphatic rings. The zero-order chi connectivity index (χ0) is 23.0. The zero-order valence-corrected chi connectivity index (χ0v) is 19.5. The fraction of sp³-hybridized carbons (Fsp3) is 0.550. The van der Waals surface area contributed by atoms with Crippen LogP contribution in [0.5, 0.6) is 0 Å². The molecule has 2 aromatic heterocycles. The van der Waals surface area contributed by atoms with Crippen LogP contribution in [0.1, 0.15) is 61.1 Å². The molecule has 2 atom stereocenters. The van der Waals surface area contributed by atoms with Crippen LogP contribution in [0.15, 0.2) is 10.4 Å². The number of thiazole rings is 1. The van der Waals surface area contributed by atoms with Crippen LogP contribution in [0.4, 0.5) is 10.5 Å². The molecule has 0 aromatic carbocycles. The van der Waals surface area contributed by atoms with Crippen molar-refractivity contribution in [1.29, 1.82) is 0 Å². The minimum atomic E-state index is -1.58. The Morgan fingerprint density at radius 1 is 1.35 bits per heavy atom. The maximum Gasteiger partial charge on any atom is 0.316 e. The predicted molar refractivity (Wildman–Crippen MR) is 120 cm³/mol. The third kappa shape index (κ3) is 4.96. The molecule has 0 saturated heterocycles. The van der Waals surface area contributed by atoms with E-state index < -0.39 is 29.2 Å². The highest BCUT2D eigenvalue weighted by atomic mass is 32.2. The van der Waals surface area contributed by atoms with Crippen LogP contribution in [0.25, 0.3) is 0 Å². The van der Waals surface area contributed by atoms with Gasteiger partial charge in [-0.25, -0.2) is 19.1 Å². The average Bonchev–Trinajstić information content (AvgIpc) is 3.41. The predicted octanol–water partition coefficient (Wildman–Crippen LogP) is 1.61. The van der Waals surface area contributed by atoms with Gasteiger partial charge in [-0.1, -0.05) is 13.8 Å². The van der Waals surface area contributed by atoms with Gasteiger partial charge in [-0.15, -0.1) is 11.3 Å². The number of primary amides is 1. The van der Waals surface area contributed by atoms with Gasteiger partial charge >= 0.3 is 6.03 Å². The third-order valence-electron chi connectivity index (χ3n) is 5.67. The number of nitrogens with zero attached hydrogens (tertiary/aromatic N) is 2. The Balaban J connectivity index is 0.000000187. The van der Waals surface area contributed by atoms with Crippen molar-refractivity contribution in [3.63, 3.8) is 0 Å². The molecule has 2 aromatic rings. The lowest BCUT2D eigenvalue weighted by Crippen LogP contribution is -2.25. The van der Waals surface area contributed by atoms with Gasteiger partial charge in [0.05, 0.1) is 24.2 Å². The standard InChI is InChI=1S/C14H19N3O.C6H10N2O3S2/c1-14(2)7-6-9-11(17-13(15)18)8-4-3-5-10(8)16-12(9)14;1-6(10,3-9)5-8-2-4(12-5)13(7)11/h3-7H2,1-2H3,(H3,15,16,17,18);2,9-10H,3,7H2,1H3. The number of carbonyl (C=O) groups excluding carboxylic acids is 1. The zero-order valence-electron chi connectivity index (χ0n) is 17.9. The number of aryl methyl sites for hydroxylation is 1. The number of hydrogen-bond donors (Lipinski definition) is 5. The molecule has 2 amide bonds. The molecule has 7 N–H and O–H groups in total. The normalized spacial score (nSPS) is 18.9. The lowest BCUT2D eigenvalue weighted by molar-refractivity contribution is -0.00244. The molecular formula is C20H29N5O4S2. The fourth-order valence-electron chi connectivity index (χ4n) is 3.93. The second kappa shape index (κ2) is 8.91. The minimum Gasteiger partial charge on any atom is -0.393 e. The molecule has 170 valence electrons. The molecule has 0 saturated carbocycles. The lowest BCUT2D eigenvalue weighted by Gasteiger charge is -2.20. The number of nitrogens with one attached hydrogen (secondary N) is 1. The van der Waals surface area contributed by atoms with Crippen molar-refractivity contribution in [2.24, 2.45) is 10.9 Å². The Morgan fingerprint density at radius 3 is 2.65 bits per heavy atom. The Hall–Kier alpha value is -1.92. The number of aliphatic hydroxyl groups is 2. The summed E-state index contributed by atoms with van der Waals surface area (Å²) in [6.07, 6.45) is 6.56. The van der Waals surface area contributed by atoms with E-state index in [0.717, 1.165) is 60.5 Å². The average molecular weight is 468 g/mol. The van der Waals surface area contributed by atoms with E-state index in [1.165, 1.54) is 24.2 Å². The highest BCUT2D eigenvalue weighted by Crippen LogP contribution is 2.44. The SMILES string of the molecule is CC(O)(CO)c1ncc(S(N)=O)s1.CC1(C)CCc2c1nc1c(c2NC(N)=O)CCC1. The summed E-state index contributed by atoms with van der Waals surface area (Å²) in [7, 11) is -1.58. The van der Waals surface area contributed by atoms with E-state index in [-0.39, 0.29) is 5.41 Å². The summed E-state index contributed by atoms with van der Waals surface area (Å²) in [6.45, 7) is 5.44. The number of anilines is 1. The second-order valence-corrected chi connectivity index (χ2v) is 11.0. The van der Waals surface area contributed by atoms with Crippen molar-refractivity contribution >= 4 is 34.0 Å². The van der Waals surface area contributed by atoms with E-state index in [2.05, 4.69) is 24.1 Å². The monoisotopic (exact) mass is 467 g/mol. The van der Waals surface area contributed by atoms with Crippen LogP contribution in [0, 0.1) is 0 Å². The van der Waals surface area contributed by atoms with Crippen molar-refractivity contribution in [2.75, 3.05) is 11.9 Å². The van der Waals surface area contributed by atoms with Crippen molar-refractivity contribution in [1.82, 2.24) is 9.97 Å². The largest absolute Gasteiger partial charge is 0.393 e. The molecule has 4 rings (SSSR count). The number of aromatic nitrogens is 2. The van der Waals surface area contributed by atoms with E-state index in [0.29, 0.717) is 9.22 Å². The summed E-state index contributed by atoms with van der Waals surface area (Å²) >= 11 is 1.03. The third-order valence-corrected chi connectivity index (χ3v) is 7.96. The van der Waals surface area contributed by atoms with E-state index in [1.54, 1.807) is 0 Å². The first kappa shape index (κ1) is 23.7. The minimum absolute atomic E-state index is 0.112. The molecule has 31 heavy (non-hydrogen) atoms. The molecule has 0 bridgehead atoms. The van der Waals surface area contributed by atoms with Crippen LogP contribution in [-0.4, -0.2) is 37.0 Å². The van der Waals surface area contributed by atoms with Gasteiger partial charge in [0.1, 0.15) is 25.8 Å². The summed E-state index contributed by atoms with van der Waals surface area (Å²) in [5.41, 5.74) is 9.74. The van der Waals surface area contributed by atoms with E-state index in [1.807, 2.05) is 0 Å². The quantitative estimate of drug-likeness (QED) is 0.458. The smallest absolute Gasteiger partial charge is 0.316 e. The van der Waals surface area contributed by atoms with Crippen LogP contribution < -0.4 is 16.2 Å². The molecule has 0 fully saturated rings. The number of nitrogens with two attached hydrogens (primary N) is 2. The van der Waals surface area contributed by atoms with E-state index >= 15 is 0 Å². The topological polar surface area (TPSA) is 164 Å². The first-order valence-corrected chi connectivity index (χ1v) is 12.1. The number of carbonyl (C=O) groups is 1. The Kier molecular flexibility index (Phi) is 6.82. The molecule has 2 heterocycles. The van der Waals surface area contributed by atoms with Crippen LogP contribution in [0.3, 0.4) is 0 Å². The molecule has 0 spiro atoms. The first-order chi connectivity index (χ1) is 14.5. The molecule has 0 aliphatic heterocycles. The number of rotatable bonds is 4. The first-order valence-electron chi connectivity index (χ1n) is 10.0. The summed E-state index contributed by atoms with van der Waals surface area (Å²) in [5.74, 6) is 0. The summed E-state index contributed by atoms with van der Waals surface area (Å²) in [6, 6.07) is -0.470. The van der Waals surface area contributed by atoms with E-state index in [4.69, 9.17) is 21.0 Å². The Morgan fingerprint density at radius 2 is 2.06 bits per heavy atom. The van der Waals surface area contributed by atoms with Gasteiger partial charge in [0.15, 0.2) is 0 Å². The number of fused-ring (bicyclic) bond motifs is 2. The molecule has 2 aliphatic carbocycles. The summed E-state index contributed by atoms with van der Waals surface area (Å²) in [5, 5.41) is 26.6. The number of aliphatic hydroxyl groups excluding tert-OH is 1. The molecule has 9 nitrogen and oxygen atoms in total. The lowest BCUT2D eigenvalue weighted by atomic mass is 9.90. The maximum absolute atomic E-state index is 11.2. The highest BCUT2D eigenvalue weighted by Gasteiger charge is 2.36.